The van der Waals surface area contributed by atoms with Crippen molar-refractivity contribution in [3.63, 3.8) is 0 Å². The van der Waals surface area contributed by atoms with Gasteiger partial charge in [0, 0.05) is 36.3 Å². The first-order valence-electron chi connectivity index (χ1n) is 11.8. The first-order valence-corrected chi connectivity index (χ1v) is 13.0. The molecule has 5 nitrogen and oxygen atoms in total. The summed E-state index contributed by atoms with van der Waals surface area (Å²) in [5, 5.41) is 2.75. The molecule has 0 unspecified atom stereocenters. The van der Waals surface area contributed by atoms with Crippen LogP contribution in [0.25, 0.3) is 10.8 Å². The largest absolute Gasteiger partial charge is 0.365 e. The zero-order valence-corrected chi connectivity index (χ0v) is 21.2. The number of rotatable bonds is 5. The van der Waals surface area contributed by atoms with Crippen LogP contribution in [-0.2, 0) is 13.0 Å². The van der Waals surface area contributed by atoms with Gasteiger partial charge in [-0.05, 0) is 35.9 Å². The Balaban J connectivity index is 1.15. The van der Waals surface area contributed by atoms with Gasteiger partial charge in [-0.1, -0.05) is 35.9 Å². The highest BCUT2D eigenvalue weighted by Gasteiger charge is 2.33. The molecule has 6 rings (SSSR count). The summed E-state index contributed by atoms with van der Waals surface area (Å²) in [5.41, 5.74) is 2.97. The number of hydrogen-bond acceptors (Lipinski definition) is 6. The molecule has 0 atom stereocenters. The van der Waals surface area contributed by atoms with Crippen molar-refractivity contribution >= 4 is 45.8 Å². The summed E-state index contributed by atoms with van der Waals surface area (Å²) in [6, 6.07) is 11.7. The molecule has 1 N–H and O–H groups in total. The van der Waals surface area contributed by atoms with E-state index in [2.05, 4.69) is 25.7 Å². The van der Waals surface area contributed by atoms with E-state index in [9.17, 15) is 22.0 Å². The molecular weight excluding hydrogens is 545 g/mol. The van der Waals surface area contributed by atoms with Gasteiger partial charge in [0.05, 0.1) is 23.3 Å². The van der Waals surface area contributed by atoms with E-state index >= 15 is 0 Å². The molecule has 3 heterocycles. The summed E-state index contributed by atoms with van der Waals surface area (Å²) in [5.74, 6) is -9.01. The van der Waals surface area contributed by atoms with Crippen LogP contribution in [0.5, 0.6) is 0 Å². The standard InChI is InChI=1S/C26H19ClF5N5S/c27-16-5-1-3-13-4-2-6-18(19(13)16)36-8-7-15-17(11-36)33-12-34-26(15)37-9-14(10-37)35-38-25-23(31)21(29)20(28)22(30)24(25)32/h1-6,12,14,35H,7-11H2. The lowest BCUT2D eigenvalue weighted by atomic mass is 10.0. The molecular formula is C26H19ClF5N5S. The second-order valence-corrected chi connectivity index (χ2v) is 10.4. The second kappa shape index (κ2) is 9.87. The van der Waals surface area contributed by atoms with Gasteiger partial charge in [0.1, 0.15) is 17.0 Å². The summed E-state index contributed by atoms with van der Waals surface area (Å²) >= 11 is 6.93. The molecule has 0 aliphatic carbocycles. The van der Waals surface area contributed by atoms with Crippen molar-refractivity contribution in [2.24, 2.45) is 0 Å². The molecule has 0 bridgehead atoms. The normalized spacial score (nSPS) is 15.6. The van der Waals surface area contributed by atoms with Crippen molar-refractivity contribution < 1.29 is 22.0 Å². The van der Waals surface area contributed by atoms with Crippen LogP contribution >= 0.6 is 23.5 Å². The van der Waals surface area contributed by atoms with E-state index in [-0.39, 0.29) is 6.04 Å². The Kier molecular flexibility index (Phi) is 6.53. The van der Waals surface area contributed by atoms with Crippen LogP contribution in [0.2, 0.25) is 5.02 Å². The molecule has 0 spiro atoms. The minimum atomic E-state index is -2.17. The molecule has 0 saturated carbocycles. The van der Waals surface area contributed by atoms with Gasteiger partial charge in [0.15, 0.2) is 23.3 Å². The summed E-state index contributed by atoms with van der Waals surface area (Å²) in [6.07, 6.45) is 2.22. The van der Waals surface area contributed by atoms with Crippen LogP contribution in [0, 0.1) is 29.1 Å². The molecule has 0 amide bonds. The number of halogens is 6. The maximum atomic E-state index is 13.9. The summed E-state index contributed by atoms with van der Waals surface area (Å²) in [6.45, 7) is 2.23. The third-order valence-corrected chi connectivity index (χ3v) is 8.16. The van der Waals surface area contributed by atoms with Crippen LogP contribution in [0.15, 0.2) is 47.6 Å². The first-order chi connectivity index (χ1) is 18.3. The van der Waals surface area contributed by atoms with E-state index < -0.39 is 34.0 Å². The lowest BCUT2D eigenvalue weighted by molar-refractivity contribution is 0.360. The van der Waals surface area contributed by atoms with Gasteiger partial charge in [-0.25, -0.2) is 31.9 Å². The maximum Gasteiger partial charge on any atom is 0.200 e. The van der Waals surface area contributed by atoms with Gasteiger partial charge in [0.2, 0.25) is 5.82 Å². The summed E-state index contributed by atoms with van der Waals surface area (Å²) < 4.78 is 70.9. The van der Waals surface area contributed by atoms with Crippen molar-refractivity contribution in [3.8, 4) is 0 Å². The quantitative estimate of drug-likeness (QED) is 0.139. The van der Waals surface area contributed by atoms with E-state index in [0.29, 0.717) is 43.0 Å². The Labute approximate surface area is 223 Å². The highest BCUT2D eigenvalue weighted by atomic mass is 35.5. The number of benzene rings is 3. The van der Waals surface area contributed by atoms with E-state index in [1.54, 1.807) is 0 Å². The molecule has 0 radical (unpaired) electrons. The topological polar surface area (TPSA) is 44.3 Å². The SMILES string of the molecule is Fc1c(F)c(F)c(SNC2CN(c3ncnc4c3CCN(c3cccc5cccc(Cl)c35)C4)C2)c(F)c1F. The Hall–Kier alpha value is -3.15. The lowest BCUT2D eigenvalue weighted by Gasteiger charge is -2.42. The molecule has 2 aliphatic heterocycles. The van der Waals surface area contributed by atoms with Crippen molar-refractivity contribution in [1.82, 2.24) is 14.7 Å². The molecule has 196 valence electrons. The van der Waals surface area contributed by atoms with Gasteiger partial charge in [-0.15, -0.1) is 0 Å². The maximum absolute atomic E-state index is 13.9. The van der Waals surface area contributed by atoms with Crippen molar-refractivity contribution in [2.45, 2.75) is 23.9 Å². The third-order valence-electron chi connectivity index (χ3n) is 6.84. The Morgan fingerprint density at radius 3 is 2.29 bits per heavy atom. The van der Waals surface area contributed by atoms with Crippen LogP contribution in [0.4, 0.5) is 33.5 Å². The van der Waals surface area contributed by atoms with Gasteiger partial charge in [-0.3, -0.25) is 4.72 Å². The molecule has 12 heteroatoms. The number of nitrogens with zero attached hydrogens (tertiary/aromatic N) is 4. The van der Waals surface area contributed by atoms with Crippen molar-refractivity contribution in [2.75, 3.05) is 29.4 Å². The molecule has 3 aromatic carbocycles. The van der Waals surface area contributed by atoms with Gasteiger partial charge < -0.3 is 9.80 Å². The minimum Gasteiger partial charge on any atom is -0.365 e. The van der Waals surface area contributed by atoms with Crippen LogP contribution in [-0.4, -0.2) is 35.6 Å². The zero-order valence-electron chi connectivity index (χ0n) is 19.6. The van der Waals surface area contributed by atoms with Gasteiger partial charge in [0.25, 0.3) is 0 Å². The molecule has 1 aromatic heterocycles. The van der Waals surface area contributed by atoms with Crippen LogP contribution in [0.1, 0.15) is 11.3 Å². The number of nitrogens with one attached hydrogen (secondary N) is 1. The fourth-order valence-electron chi connectivity index (χ4n) is 4.90. The number of anilines is 2. The Morgan fingerprint density at radius 1 is 0.868 bits per heavy atom. The summed E-state index contributed by atoms with van der Waals surface area (Å²) in [4.78, 5) is 12.3. The Bertz CT molecular complexity index is 1530. The van der Waals surface area contributed by atoms with Crippen molar-refractivity contribution in [1.29, 1.82) is 0 Å². The van der Waals surface area contributed by atoms with E-state index in [4.69, 9.17) is 11.6 Å². The second-order valence-electron chi connectivity index (χ2n) is 9.13. The fraction of sp³-hybridized carbons (Fsp3) is 0.231. The number of hydrogen-bond donors (Lipinski definition) is 1. The van der Waals surface area contributed by atoms with Crippen molar-refractivity contribution in [3.05, 3.63) is 88.1 Å². The third kappa shape index (κ3) is 4.22. The first kappa shape index (κ1) is 25.1. The molecule has 38 heavy (non-hydrogen) atoms. The minimum absolute atomic E-state index is 0.237. The lowest BCUT2D eigenvalue weighted by Crippen LogP contribution is -2.57. The number of aromatic nitrogens is 2. The number of fused-ring (bicyclic) bond motifs is 2. The van der Waals surface area contributed by atoms with Gasteiger partial charge in [-0.2, -0.15) is 0 Å². The predicted octanol–water partition coefficient (Wildman–Crippen LogP) is 6.03. The van der Waals surface area contributed by atoms with Gasteiger partial charge >= 0.3 is 0 Å². The molecule has 4 aromatic rings. The fourth-order valence-corrected chi connectivity index (χ4v) is 5.97. The van der Waals surface area contributed by atoms with Crippen LogP contribution in [0.3, 0.4) is 0 Å². The van der Waals surface area contributed by atoms with E-state index in [0.717, 1.165) is 40.1 Å². The molecule has 2 aliphatic rings. The predicted molar refractivity (Wildman–Crippen MR) is 137 cm³/mol. The average molecular weight is 564 g/mol. The Morgan fingerprint density at radius 2 is 1.55 bits per heavy atom. The summed E-state index contributed by atoms with van der Waals surface area (Å²) in [7, 11) is 0. The monoisotopic (exact) mass is 563 g/mol. The highest BCUT2D eigenvalue weighted by molar-refractivity contribution is 7.97. The highest BCUT2D eigenvalue weighted by Crippen LogP contribution is 2.37. The molecule has 1 fully saturated rings. The molecule has 1 saturated heterocycles. The van der Waals surface area contributed by atoms with E-state index in [1.165, 1.54) is 6.33 Å². The average Bonchev–Trinajstić information content (AvgIpc) is 2.91. The van der Waals surface area contributed by atoms with Crippen LogP contribution < -0.4 is 14.5 Å². The van der Waals surface area contributed by atoms with E-state index in [1.807, 2.05) is 35.2 Å². The smallest absolute Gasteiger partial charge is 0.200 e. The zero-order chi connectivity index (χ0) is 26.6.